The van der Waals surface area contributed by atoms with Crippen molar-refractivity contribution in [2.45, 2.75) is 44.6 Å². The summed E-state index contributed by atoms with van der Waals surface area (Å²) in [5.41, 5.74) is 1.58. The average Bonchev–Trinajstić information content (AvgIpc) is 2.30. The molecule has 1 saturated carbocycles. The van der Waals surface area contributed by atoms with Crippen LogP contribution in [0.1, 0.15) is 37.3 Å². The highest BCUT2D eigenvalue weighted by atomic mass is 16.4. The van der Waals surface area contributed by atoms with Gasteiger partial charge in [-0.15, -0.1) is 0 Å². The van der Waals surface area contributed by atoms with E-state index in [1.807, 2.05) is 31.2 Å². The molecular formula is C15H19NO3. The lowest BCUT2D eigenvalue weighted by molar-refractivity contribution is -0.143. The molecule has 0 radical (unpaired) electrons. The van der Waals surface area contributed by atoms with Gasteiger partial charge in [-0.05, 0) is 37.8 Å². The first-order valence-corrected chi connectivity index (χ1v) is 6.57. The molecule has 1 amide bonds. The van der Waals surface area contributed by atoms with Crippen molar-refractivity contribution in [2.24, 2.45) is 0 Å². The second-order valence-corrected chi connectivity index (χ2v) is 5.28. The molecule has 0 saturated heterocycles. The van der Waals surface area contributed by atoms with Gasteiger partial charge in [-0.25, -0.2) is 0 Å². The third-order valence-corrected chi connectivity index (χ3v) is 4.02. The maximum absolute atomic E-state index is 12.4. The van der Waals surface area contributed by atoms with E-state index in [4.69, 9.17) is 5.11 Å². The molecule has 1 atom stereocenters. The van der Waals surface area contributed by atoms with Gasteiger partial charge in [0.1, 0.15) is 6.04 Å². The fourth-order valence-corrected chi connectivity index (χ4v) is 2.66. The Bertz CT molecular complexity index is 506. The van der Waals surface area contributed by atoms with Crippen molar-refractivity contribution in [3.8, 4) is 0 Å². The molecule has 0 aromatic heterocycles. The minimum Gasteiger partial charge on any atom is -0.480 e. The highest BCUT2D eigenvalue weighted by Crippen LogP contribution is 2.45. The summed E-state index contributed by atoms with van der Waals surface area (Å²) in [6.07, 6.45) is 2.58. The van der Waals surface area contributed by atoms with Crippen LogP contribution in [0.15, 0.2) is 24.3 Å². The summed E-state index contributed by atoms with van der Waals surface area (Å²) >= 11 is 0. The summed E-state index contributed by atoms with van der Waals surface area (Å²) in [6.45, 7) is 3.48. The summed E-state index contributed by atoms with van der Waals surface area (Å²) in [5, 5.41) is 11.5. The van der Waals surface area contributed by atoms with E-state index in [9.17, 15) is 9.59 Å². The Morgan fingerprint density at radius 3 is 2.42 bits per heavy atom. The summed E-state index contributed by atoms with van der Waals surface area (Å²) < 4.78 is 0. The summed E-state index contributed by atoms with van der Waals surface area (Å²) in [7, 11) is 0. The number of hydrogen-bond acceptors (Lipinski definition) is 2. The van der Waals surface area contributed by atoms with Crippen LogP contribution in [0.2, 0.25) is 0 Å². The minimum absolute atomic E-state index is 0.164. The molecule has 1 aliphatic rings. The molecule has 19 heavy (non-hydrogen) atoms. The second-order valence-electron chi connectivity index (χ2n) is 5.28. The number of aryl methyl sites for hydroxylation is 1. The van der Waals surface area contributed by atoms with Crippen LogP contribution in [0.3, 0.4) is 0 Å². The van der Waals surface area contributed by atoms with Gasteiger partial charge in [0.25, 0.3) is 0 Å². The monoisotopic (exact) mass is 261 g/mol. The zero-order chi connectivity index (χ0) is 14.0. The van der Waals surface area contributed by atoms with E-state index in [0.717, 1.165) is 30.4 Å². The van der Waals surface area contributed by atoms with E-state index in [1.165, 1.54) is 6.92 Å². The molecule has 4 nitrogen and oxygen atoms in total. The highest BCUT2D eigenvalue weighted by Gasteiger charge is 2.46. The van der Waals surface area contributed by atoms with Gasteiger partial charge in [-0.1, -0.05) is 30.7 Å². The molecule has 2 rings (SSSR count). The number of nitrogens with one attached hydrogen (secondary N) is 1. The number of carboxylic acids is 1. The van der Waals surface area contributed by atoms with Crippen molar-refractivity contribution < 1.29 is 14.7 Å². The van der Waals surface area contributed by atoms with Crippen molar-refractivity contribution in [1.29, 1.82) is 0 Å². The summed E-state index contributed by atoms with van der Waals surface area (Å²) in [5.74, 6) is -1.17. The molecule has 1 aromatic carbocycles. The van der Waals surface area contributed by atoms with Gasteiger partial charge in [0, 0.05) is 0 Å². The van der Waals surface area contributed by atoms with Gasteiger partial charge in [0.15, 0.2) is 0 Å². The summed E-state index contributed by atoms with van der Waals surface area (Å²) in [4.78, 5) is 23.3. The molecule has 2 N–H and O–H groups in total. The lowest BCUT2D eigenvalue weighted by Crippen LogP contribution is -2.53. The van der Waals surface area contributed by atoms with Crippen molar-refractivity contribution in [3.63, 3.8) is 0 Å². The zero-order valence-electron chi connectivity index (χ0n) is 11.3. The predicted octanol–water partition coefficient (Wildman–Crippen LogP) is 2.01. The summed E-state index contributed by atoms with van der Waals surface area (Å²) in [6, 6.07) is 6.98. The minimum atomic E-state index is -1.01. The Hall–Kier alpha value is -1.84. The standard InChI is InChI=1S/C15H19NO3/c1-10-6-3-4-7-12(10)15(8-5-9-15)14(19)16-11(2)13(17)18/h3-4,6-7,11H,5,8-9H2,1-2H3,(H,16,19)(H,17,18)/t11-/m0/s1. The van der Waals surface area contributed by atoms with Crippen LogP contribution in [0.5, 0.6) is 0 Å². The van der Waals surface area contributed by atoms with Crippen LogP contribution in [0.25, 0.3) is 0 Å². The number of amides is 1. The molecule has 0 aliphatic heterocycles. The van der Waals surface area contributed by atoms with Gasteiger partial charge < -0.3 is 10.4 Å². The largest absolute Gasteiger partial charge is 0.480 e. The van der Waals surface area contributed by atoms with Crippen LogP contribution in [-0.2, 0) is 15.0 Å². The zero-order valence-corrected chi connectivity index (χ0v) is 11.3. The SMILES string of the molecule is Cc1ccccc1C1(C(=O)N[C@@H](C)C(=O)O)CCC1. The van der Waals surface area contributed by atoms with E-state index in [0.29, 0.717) is 0 Å². The number of carbonyl (C=O) groups excluding carboxylic acids is 1. The smallest absolute Gasteiger partial charge is 0.325 e. The van der Waals surface area contributed by atoms with E-state index in [-0.39, 0.29) is 5.91 Å². The Kier molecular flexibility index (Phi) is 3.60. The number of carbonyl (C=O) groups is 2. The van der Waals surface area contributed by atoms with E-state index >= 15 is 0 Å². The Labute approximate surface area is 112 Å². The third kappa shape index (κ3) is 2.35. The molecule has 0 heterocycles. The van der Waals surface area contributed by atoms with E-state index in [2.05, 4.69) is 5.32 Å². The fraction of sp³-hybridized carbons (Fsp3) is 0.467. The van der Waals surface area contributed by atoms with Gasteiger partial charge in [-0.2, -0.15) is 0 Å². The van der Waals surface area contributed by atoms with Crippen molar-refractivity contribution in [2.75, 3.05) is 0 Å². The molecule has 1 aliphatic carbocycles. The molecular weight excluding hydrogens is 242 g/mol. The van der Waals surface area contributed by atoms with E-state index < -0.39 is 17.4 Å². The first-order valence-electron chi connectivity index (χ1n) is 6.57. The number of rotatable bonds is 4. The number of benzene rings is 1. The van der Waals surface area contributed by atoms with Crippen molar-refractivity contribution >= 4 is 11.9 Å². The molecule has 0 bridgehead atoms. The molecule has 102 valence electrons. The van der Waals surface area contributed by atoms with E-state index in [1.54, 1.807) is 0 Å². The van der Waals surface area contributed by atoms with Crippen LogP contribution >= 0.6 is 0 Å². The van der Waals surface area contributed by atoms with Crippen LogP contribution in [0, 0.1) is 6.92 Å². The Balaban J connectivity index is 2.26. The lowest BCUT2D eigenvalue weighted by atomic mass is 9.62. The van der Waals surface area contributed by atoms with Crippen molar-refractivity contribution in [3.05, 3.63) is 35.4 Å². The Morgan fingerprint density at radius 1 is 1.32 bits per heavy atom. The van der Waals surface area contributed by atoms with Crippen LogP contribution < -0.4 is 5.32 Å². The first-order chi connectivity index (χ1) is 8.97. The van der Waals surface area contributed by atoms with Gasteiger partial charge in [-0.3, -0.25) is 9.59 Å². The molecule has 0 unspecified atom stereocenters. The van der Waals surface area contributed by atoms with Crippen LogP contribution in [0.4, 0.5) is 0 Å². The van der Waals surface area contributed by atoms with Crippen LogP contribution in [-0.4, -0.2) is 23.0 Å². The first kappa shape index (κ1) is 13.6. The third-order valence-electron chi connectivity index (χ3n) is 4.02. The quantitative estimate of drug-likeness (QED) is 0.871. The van der Waals surface area contributed by atoms with Gasteiger partial charge in [0.05, 0.1) is 5.41 Å². The second kappa shape index (κ2) is 5.03. The topological polar surface area (TPSA) is 66.4 Å². The Morgan fingerprint density at radius 2 is 1.95 bits per heavy atom. The van der Waals surface area contributed by atoms with Gasteiger partial charge >= 0.3 is 5.97 Å². The molecule has 4 heteroatoms. The number of hydrogen-bond donors (Lipinski definition) is 2. The molecule has 1 aromatic rings. The average molecular weight is 261 g/mol. The van der Waals surface area contributed by atoms with Crippen molar-refractivity contribution in [1.82, 2.24) is 5.32 Å². The molecule has 0 spiro atoms. The highest BCUT2D eigenvalue weighted by molar-refractivity contribution is 5.92. The maximum Gasteiger partial charge on any atom is 0.325 e. The predicted molar refractivity (Wildman–Crippen MR) is 71.9 cm³/mol. The van der Waals surface area contributed by atoms with Gasteiger partial charge in [0.2, 0.25) is 5.91 Å². The normalized spacial score (nSPS) is 18.2. The number of aliphatic carboxylic acids is 1. The number of carboxylic acid groups (broad SMARTS) is 1. The fourth-order valence-electron chi connectivity index (χ4n) is 2.66. The molecule has 1 fully saturated rings. The maximum atomic E-state index is 12.4. The lowest BCUT2D eigenvalue weighted by Gasteiger charge is -2.42.